The number of nitrogens with zero attached hydrogens (tertiary/aromatic N) is 1. The van der Waals surface area contributed by atoms with Gasteiger partial charge in [-0.05, 0) is 41.5 Å². The summed E-state index contributed by atoms with van der Waals surface area (Å²) in [6.07, 6.45) is 0. The van der Waals surface area contributed by atoms with E-state index in [4.69, 9.17) is 0 Å². The van der Waals surface area contributed by atoms with Gasteiger partial charge >= 0.3 is 0 Å². The van der Waals surface area contributed by atoms with Gasteiger partial charge in [0.15, 0.2) is 5.72 Å². The van der Waals surface area contributed by atoms with E-state index in [1.54, 1.807) is 13.8 Å². The topological polar surface area (TPSA) is 23.1 Å². The average Bonchev–Trinajstić information content (AvgIpc) is 1.54. The maximum atomic E-state index is 11.6. The molecule has 0 aromatic heterocycles. The van der Waals surface area contributed by atoms with Crippen LogP contribution in [0.15, 0.2) is 0 Å². The summed E-state index contributed by atoms with van der Waals surface area (Å²) >= 11 is 0. The minimum absolute atomic E-state index is 0.322. The molecular weight excluding hydrogens is 138 g/mol. The Morgan fingerprint density at radius 2 is 1.27 bits per heavy atom. The molecule has 67 valence electrons. The maximum absolute atomic E-state index is 11.6. The van der Waals surface area contributed by atoms with Gasteiger partial charge in [-0.3, -0.25) is 4.90 Å². The summed E-state index contributed by atoms with van der Waals surface area (Å²) in [5.74, 6) is 0. The SMILES string of the molecule is CC(C)N(C(C)C)C(C)(C)[O]. The molecule has 0 bridgehead atoms. The van der Waals surface area contributed by atoms with Gasteiger partial charge < -0.3 is 0 Å². The van der Waals surface area contributed by atoms with Crippen LogP contribution in [0.5, 0.6) is 0 Å². The van der Waals surface area contributed by atoms with Gasteiger partial charge in [0.2, 0.25) is 0 Å². The van der Waals surface area contributed by atoms with Crippen LogP contribution in [0.1, 0.15) is 41.5 Å². The Kier molecular flexibility index (Phi) is 3.52. The lowest BCUT2D eigenvalue weighted by Crippen LogP contribution is -2.50. The third-order valence-corrected chi connectivity index (χ3v) is 1.73. The zero-order valence-corrected chi connectivity index (χ0v) is 8.51. The Morgan fingerprint density at radius 3 is 1.27 bits per heavy atom. The second kappa shape index (κ2) is 3.55. The number of hydrogen-bond donors (Lipinski definition) is 0. The molecule has 0 aromatic rings. The molecule has 0 spiro atoms. The second-order valence-electron chi connectivity index (χ2n) is 4.04. The molecule has 0 aliphatic carbocycles. The summed E-state index contributed by atoms with van der Waals surface area (Å²) in [5, 5.41) is 11.6. The molecule has 0 aliphatic heterocycles. The van der Waals surface area contributed by atoms with Crippen LogP contribution in [0.3, 0.4) is 0 Å². The largest absolute Gasteiger partial charge is 0.269 e. The van der Waals surface area contributed by atoms with Crippen LogP contribution in [0.2, 0.25) is 0 Å². The van der Waals surface area contributed by atoms with Crippen molar-refractivity contribution in [3.63, 3.8) is 0 Å². The van der Waals surface area contributed by atoms with Crippen LogP contribution in [-0.4, -0.2) is 22.7 Å². The smallest absolute Gasteiger partial charge is 0.151 e. The predicted molar refractivity (Wildman–Crippen MR) is 46.9 cm³/mol. The van der Waals surface area contributed by atoms with E-state index in [9.17, 15) is 5.11 Å². The summed E-state index contributed by atoms with van der Waals surface area (Å²) < 4.78 is 0. The highest BCUT2D eigenvalue weighted by atomic mass is 16.3. The Balaban J connectivity index is 4.35. The Morgan fingerprint density at radius 1 is 1.00 bits per heavy atom. The molecule has 2 nitrogen and oxygen atoms in total. The van der Waals surface area contributed by atoms with E-state index in [0.717, 1.165) is 0 Å². The third-order valence-electron chi connectivity index (χ3n) is 1.73. The molecular formula is C9H20NO. The van der Waals surface area contributed by atoms with Gasteiger partial charge in [-0.25, -0.2) is 5.11 Å². The van der Waals surface area contributed by atoms with E-state index in [1.165, 1.54) is 0 Å². The minimum Gasteiger partial charge on any atom is -0.269 e. The summed E-state index contributed by atoms with van der Waals surface area (Å²) in [4.78, 5) is 1.97. The van der Waals surface area contributed by atoms with Crippen molar-refractivity contribution in [1.82, 2.24) is 4.90 Å². The van der Waals surface area contributed by atoms with E-state index in [-0.39, 0.29) is 0 Å². The first-order valence-electron chi connectivity index (χ1n) is 4.25. The zero-order chi connectivity index (χ0) is 9.23. The van der Waals surface area contributed by atoms with Gasteiger partial charge in [-0.2, -0.15) is 0 Å². The van der Waals surface area contributed by atoms with E-state index in [0.29, 0.717) is 12.1 Å². The van der Waals surface area contributed by atoms with Crippen molar-refractivity contribution >= 4 is 0 Å². The van der Waals surface area contributed by atoms with Crippen molar-refractivity contribution in [1.29, 1.82) is 0 Å². The van der Waals surface area contributed by atoms with Gasteiger partial charge in [-0.1, -0.05) is 0 Å². The molecule has 0 amide bonds. The first kappa shape index (κ1) is 10.9. The Bertz CT molecular complexity index is 105. The van der Waals surface area contributed by atoms with Gasteiger partial charge in [-0.15, -0.1) is 0 Å². The van der Waals surface area contributed by atoms with Crippen LogP contribution >= 0.6 is 0 Å². The van der Waals surface area contributed by atoms with Crippen LogP contribution in [0, 0.1) is 0 Å². The van der Waals surface area contributed by atoms with Crippen LogP contribution < -0.4 is 0 Å². The van der Waals surface area contributed by atoms with Crippen LogP contribution in [0.4, 0.5) is 0 Å². The fourth-order valence-electron chi connectivity index (χ4n) is 1.84. The summed E-state index contributed by atoms with van der Waals surface area (Å²) in [7, 11) is 0. The first-order valence-corrected chi connectivity index (χ1v) is 4.25. The highest BCUT2D eigenvalue weighted by Gasteiger charge is 2.29. The monoisotopic (exact) mass is 158 g/mol. The molecule has 0 aliphatic rings. The minimum atomic E-state index is -0.956. The molecule has 0 heterocycles. The zero-order valence-electron chi connectivity index (χ0n) is 8.51. The molecule has 0 saturated heterocycles. The van der Waals surface area contributed by atoms with Crippen LogP contribution in [0.25, 0.3) is 0 Å². The lowest BCUT2D eigenvalue weighted by Gasteiger charge is -2.38. The molecule has 0 rings (SSSR count). The maximum Gasteiger partial charge on any atom is 0.151 e. The normalized spacial score (nSPS) is 13.6. The van der Waals surface area contributed by atoms with Gasteiger partial charge in [0.1, 0.15) is 0 Å². The molecule has 0 unspecified atom stereocenters. The summed E-state index contributed by atoms with van der Waals surface area (Å²) in [5.41, 5.74) is -0.956. The molecule has 0 saturated carbocycles. The van der Waals surface area contributed by atoms with Crippen molar-refractivity contribution in [3.05, 3.63) is 0 Å². The number of rotatable bonds is 3. The molecule has 1 radical (unpaired) electrons. The van der Waals surface area contributed by atoms with Crippen molar-refractivity contribution in [2.24, 2.45) is 0 Å². The molecule has 0 fully saturated rings. The molecule has 0 N–H and O–H groups in total. The van der Waals surface area contributed by atoms with Crippen LogP contribution in [-0.2, 0) is 5.11 Å². The first-order chi connectivity index (χ1) is 4.76. The van der Waals surface area contributed by atoms with Gasteiger partial charge in [0.25, 0.3) is 0 Å². The van der Waals surface area contributed by atoms with E-state index in [1.807, 2.05) is 4.90 Å². The van der Waals surface area contributed by atoms with E-state index >= 15 is 0 Å². The third kappa shape index (κ3) is 3.21. The van der Waals surface area contributed by atoms with E-state index in [2.05, 4.69) is 27.7 Å². The molecule has 11 heavy (non-hydrogen) atoms. The highest BCUT2D eigenvalue weighted by Crippen LogP contribution is 2.18. The Hall–Kier alpha value is -0.0800. The molecule has 0 aromatic carbocycles. The standard InChI is InChI=1S/C9H20NO/c1-7(2)10(8(3)4)9(5,6)11/h7-8H,1-6H3. The van der Waals surface area contributed by atoms with E-state index < -0.39 is 5.72 Å². The fraction of sp³-hybridized carbons (Fsp3) is 1.00. The second-order valence-corrected chi connectivity index (χ2v) is 4.04. The van der Waals surface area contributed by atoms with Crippen molar-refractivity contribution in [3.8, 4) is 0 Å². The van der Waals surface area contributed by atoms with Gasteiger partial charge in [0, 0.05) is 12.1 Å². The Labute approximate surface area is 70.2 Å². The van der Waals surface area contributed by atoms with Crippen molar-refractivity contribution < 1.29 is 5.11 Å². The van der Waals surface area contributed by atoms with Crippen molar-refractivity contribution in [2.75, 3.05) is 0 Å². The molecule has 0 atom stereocenters. The van der Waals surface area contributed by atoms with Gasteiger partial charge in [0.05, 0.1) is 0 Å². The summed E-state index contributed by atoms with van der Waals surface area (Å²) in [6.45, 7) is 11.7. The highest BCUT2D eigenvalue weighted by molar-refractivity contribution is 4.75. The molecule has 2 heteroatoms. The summed E-state index contributed by atoms with van der Waals surface area (Å²) in [6, 6.07) is 0.644. The predicted octanol–water partition coefficient (Wildman–Crippen LogP) is 2.27. The fourth-order valence-corrected chi connectivity index (χ4v) is 1.84. The average molecular weight is 158 g/mol. The lowest BCUT2D eigenvalue weighted by atomic mass is 10.1. The number of hydrogen-bond acceptors (Lipinski definition) is 1. The van der Waals surface area contributed by atoms with Crippen molar-refractivity contribution in [2.45, 2.75) is 59.4 Å². The quantitative estimate of drug-likeness (QED) is 0.578. The lowest BCUT2D eigenvalue weighted by molar-refractivity contribution is -0.154.